The third kappa shape index (κ3) is 3.59. The van der Waals surface area contributed by atoms with Crippen molar-refractivity contribution in [3.8, 4) is 0 Å². The molecule has 9 heteroatoms. The van der Waals surface area contributed by atoms with Crippen molar-refractivity contribution in [3.63, 3.8) is 0 Å². The third-order valence-corrected chi connectivity index (χ3v) is 6.44. The van der Waals surface area contributed by atoms with E-state index in [1.807, 2.05) is 0 Å². The highest BCUT2D eigenvalue weighted by Crippen LogP contribution is 2.32. The molecule has 19 heavy (non-hydrogen) atoms. The molecule has 5 nitrogen and oxygen atoms in total. The zero-order valence-corrected chi connectivity index (χ0v) is 14.2. The van der Waals surface area contributed by atoms with Gasteiger partial charge in [-0.1, -0.05) is 11.8 Å². The zero-order valence-electron chi connectivity index (χ0n) is 9.44. The molecule has 0 atom stereocenters. The van der Waals surface area contributed by atoms with Gasteiger partial charge in [0.05, 0.1) is 14.4 Å². The lowest BCUT2D eigenvalue weighted by Crippen LogP contribution is -2.37. The Morgan fingerprint density at radius 2 is 2.16 bits per heavy atom. The number of thiophene rings is 1. The Bertz CT molecular complexity index is 511. The van der Waals surface area contributed by atoms with E-state index < -0.39 is 0 Å². The van der Waals surface area contributed by atoms with Gasteiger partial charge < -0.3 is 5.32 Å². The molecule has 0 aliphatic carbocycles. The van der Waals surface area contributed by atoms with Crippen LogP contribution < -0.4 is 5.32 Å². The fraction of sp³-hybridized carbons (Fsp3) is 0.300. The number of halogens is 2. The maximum atomic E-state index is 11.8. The lowest BCUT2D eigenvalue weighted by molar-refractivity contribution is -0.124. The molecule has 102 valence electrons. The minimum atomic E-state index is -0.249. The van der Waals surface area contributed by atoms with Crippen molar-refractivity contribution < 1.29 is 14.4 Å². The fourth-order valence-corrected chi connectivity index (χ4v) is 4.13. The minimum Gasteiger partial charge on any atom is -0.350 e. The smallest absolute Gasteiger partial charge is 0.288 e. The number of thioether (sulfide) groups is 1. The number of hydrogen-bond donors (Lipinski definition) is 1. The first-order valence-electron chi connectivity index (χ1n) is 5.19. The number of imide groups is 1. The molecule has 0 unspecified atom stereocenters. The summed E-state index contributed by atoms with van der Waals surface area (Å²) in [6, 6.07) is 1.71. The molecule has 0 spiro atoms. The predicted molar refractivity (Wildman–Crippen MR) is 81.6 cm³/mol. The first kappa shape index (κ1) is 15.0. The second kappa shape index (κ2) is 6.38. The van der Waals surface area contributed by atoms with E-state index in [1.165, 1.54) is 11.3 Å². The van der Waals surface area contributed by atoms with Crippen LogP contribution in [0.25, 0.3) is 0 Å². The topological polar surface area (TPSA) is 66.5 Å². The number of amides is 3. The van der Waals surface area contributed by atoms with Crippen molar-refractivity contribution in [3.05, 3.63) is 19.2 Å². The summed E-state index contributed by atoms with van der Waals surface area (Å²) in [5.41, 5.74) is 0. The highest BCUT2D eigenvalue weighted by atomic mass is 79.9. The first-order chi connectivity index (χ1) is 8.99. The van der Waals surface area contributed by atoms with Crippen LogP contribution in [0.15, 0.2) is 14.3 Å². The normalized spacial score (nSPS) is 15.2. The highest BCUT2D eigenvalue weighted by Gasteiger charge is 2.29. The van der Waals surface area contributed by atoms with Crippen LogP contribution in [0.5, 0.6) is 0 Å². The van der Waals surface area contributed by atoms with Crippen molar-refractivity contribution in [2.24, 2.45) is 0 Å². The standard InChI is InChI=1S/C10H8Br2N2O3S2/c11-5-3-6(19-8(5)12)9(16)13-1-2-14-7(15)4-18-10(14)17/h3H,1-2,4H2,(H,13,16). The summed E-state index contributed by atoms with van der Waals surface area (Å²) in [7, 11) is 0. The van der Waals surface area contributed by atoms with Gasteiger partial charge in [0.2, 0.25) is 5.91 Å². The van der Waals surface area contributed by atoms with Gasteiger partial charge in [0.15, 0.2) is 0 Å². The Morgan fingerprint density at radius 3 is 2.68 bits per heavy atom. The second-order valence-corrected chi connectivity index (χ2v) is 7.74. The third-order valence-electron chi connectivity index (χ3n) is 2.33. The van der Waals surface area contributed by atoms with Crippen LogP contribution in [-0.2, 0) is 4.79 Å². The lowest BCUT2D eigenvalue weighted by Gasteiger charge is -2.12. The van der Waals surface area contributed by atoms with Gasteiger partial charge in [-0.25, -0.2) is 0 Å². The van der Waals surface area contributed by atoms with Crippen LogP contribution in [0.1, 0.15) is 9.67 Å². The molecule has 2 rings (SSSR count). The monoisotopic (exact) mass is 426 g/mol. The minimum absolute atomic E-state index is 0.192. The van der Waals surface area contributed by atoms with E-state index in [9.17, 15) is 14.4 Å². The van der Waals surface area contributed by atoms with E-state index in [0.29, 0.717) is 4.88 Å². The molecule has 1 aliphatic rings. The molecule has 1 aromatic heterocycles. The maximum absolute atomic E-state index is 11.8. The van der Waals surface area contributed by atoms with Crippen molar-refractivity contribution in [2.75, 3.05) is 18.8 Å². The van der Waals surface area contributed by atoms with Gasteiger partial charge in [-0.05, 0) is 37.9 Å². The van der Waals surface area contributed by atoms with E-state index in [0.717, 1.165) is 24.9 Å². The van der Waals surface area contributed by atoms with Crippen LogP contribution in [0, 0.1) is 0 Å². The molecule has 1 aliphatic heterocycles. The lowest BCUT2D eigenvalue weighted by atomic mass is 10.4. The Hall–Kier alpha value is -0.380. The molecule has 1 saturated heterocycles. The summed E-state index contributed by atoms with van der Waals surface area (Å²) in [4.78, 5) is 36.2. The van der Waals surface area contributed by atoms with E-state index in [1.54, 1.807) is 6.07 Å². The molecular formula is C10H8Br2N2O3S2. The van der Waals surface area contributed by atoms with Crippen molar-refractivity contribution >= 4 is 72.0 Å². The number of hydrogen-bond acceptors (Lipinski definition) is 5. The molecule has 1 N–H and O–H groups in total. The Labute approximate surface area is 134 Å². The first-order valence-corrected chi connectivity index (χ1v) is 8.58. The van der Waals surface area contributed by atoms with E-state index >= 15 is 0 Å². The van der Waals surface area contributed by atoms with Crippen LogP contribution in [0.2, 0.25) is 0 Å². The Kier molecular flexibility index (Phi) is 5.04. The van der Waals surface area contributed by atoms with Crippen LogP contribution in [-0.4, -0.2) is 40.8 Å². The van der Waals surface area contributed by atoms with Gasteiger partial charge >= 0.3 is 0 Å². The van der Waals surface area contributed by atoms with Crippen molar-refractivity contribution in [1.82, 2.24) is 10.2 Å². The average molecular weight is 428 g/mol. The predicted octanol–water partition coefficient (Wildman–Crippen LogP) is 2.70. The molecule has 0 saturated carbocycles. The number of carbonyl (C=O) groups is 3. The highest BCUT2D eigenvalue weighted by molar-refractivity contribution is 9.13. The molecule has 2 heterocycles. The van der Waals surface area contributed by atoms with E-state index in [-0.39, 0.29) is 35.9 Å². The van der Waals surface area contributed by atoms with Gasteiger partial charge in [0.25, 0.3) is 11.1 Å². The SMILES string of the molecule is O=C(NCCN1C(=O)CSC1=O)c1cc(Br)c(Br)s1. The summed E-state index contributed by atoms with van der Waals surface area (Å²) in [6.45, 7) is 0.466. The molecule has 1 aromatic rings. The Balaban J connectivity index is 1.84. The van der Waals surface area contributed by atoms with E-state index in [4.69, 9.17) is 0 Å². The van der Waals surface area contributed by atoms with Crippen LogP contribution in [0.3, 0.4) is 0 Å². The van der Waals surface area contributed by atoms with Crippen molar-refractivity contribution in [1.29, 1.82) is 0 Å². The van der Waals surface area contributed by atoms with Crippen LogP contribution >= 0.6 is 55.0 Å². The fourth-order valence-electron chi connectivity index (χ4n) is 1.42. The van der Waals surface area contributed by atoms with Gasteiger partial charge in [-0.3, -0.25) is 19.3 Å². The van der Waals surface area contributed by atoms with Gasteiger partial charge in [-0.2, -0.15) is 0 Å². The summed E-state index contributed by atoms with van der Waals surface area (Å²) < 4.78 is 1.67. The summed E-state index contributed by atoms with van der Waals surface area (Å²) in [6.07, 6.45) is 0. The number of nitrogens with zero attached hydrogens (tertiary/aromatic N) is 1. The van der Waals surface area contributed by atoms with Gasteiger partial charge in [0.1, 0.15) is 0 Å². The Morgan fingerprint density at radius 1 is 1.42 bits per heavy atom. The quantitative estimate of drug-likeness (QED) is 0.802. The van der Waals surface area contributed by atoms with Gasteiger partial charge in [-0.15, -0.1) is 11.3 Å². The largest absolute Gasteiger partial charge is 0.350 e. The molecule has 1 fully saturated rings. The number of nitrogens with one attached hydrogen (secondary N) is 1. The molecule has 0 bridgehead atoms. The molecule has 3 amide bonds. The molecular weight excluding hydrogens is 420 g/mol. The summed E-state index contributed by atoms with van der Waals surface area (Å²) in [5.74, 6) is -0.230. The van der Waals surface area contributed by atoms with Gasteiger partial charge in [0, 0.05) is 17.6 Å². The molecule has 0 aromatic carbocycles. The van der Waals surface area contributed by atoms with Crippen molar-refractivity contribution in [2.45, 2.75) is 0 Å². The summed E-state index contributed by atoms with van der Waals surface area (Å²) >= 11 is 8.92. The van der Waals surface area contributed by atoms with Crippen LogP contribution in [0.4, 0.5) is 4.79 Å². The average Bonchev–Trinajstić information content (AvgIpc) is 2.86. The second-order valence-electron chi connectivity index (χ2n) is 3.59. The zero-order chi connectivity index (χ0) is 14.0. The molecule has 0 radical (unpaired) electrons. The van der Waals surface area contributed by atoms with E-state index in [2.05, 4.69) is 37.2 Å². The maximum Gasteiger partial charge on any atom is 0.288 e. The number of rotatable bonds is 4. The number of carbonyl (C=O) groups excluding carboxylic acids is 3. The summed E-state index contributed by atoms with van der Waals surface area (Å²) in [5, 5.41) is 2.43.